The van der Waals surface area contributed by atoms with E-state index < -0.39 is 0 Å². The zero-order valence-electron chi connectivity index (χ0n) is 12.8. The Kier molecular flexibility index (Phi) is 8.00. The van der Waals surface area contributed by atoms with Gasteiger partial charge in [0, 0.05) is 28.8 Å². The van der Waals surface area contributed by atoms with Crippen LogP contribution in [0.3, 0.4) is 0 Å². The number of thioether (sulfide) groups is 1. The molecule has 1 aromatic rings. The van der Waals surface area contributed by atoms with Crippen LogP contribution in [0.25, 0.3) is 0 Å². The minimum absolute atomic E-state index is 0.133. The average Bonchev–Trinajstić information content (AvgIpc) is 2.47. The molecule has 0 aromatic heterocycles. The quantitative estimate of drug-likeness (QED) is 0.576. The number of nitrogens with one attached hydrogen (secondary N) is 1. The highest BCUT2D eigenvalue weighted by Gasteiger charge is 2.14. The summed E-state index contributed by atoms with van der Waals surface area (Å²) in [6.45, 7) is 3.96. The lowest BCUT2D eigenvalue weighted by Crippen LogP contribution is -2.22. The van der Waals surface area contributed by atoms with E-state index in [4.69, 9.17) is 16.9 Å². The lowest BCUT2D eigenvalue weighted by atomic mass is 9.90. The Morgan fingerprint density at radius 1 is 1.45 bits per heavy atom. The third kappa shape index (κ3) is 8.06. The van der Waals surface area contributed by atoms with Crippen LogP contribution >= 0.6 is 23.4 Å². The van der Waals surface area contributed by atoms with E-state index in [9.17, 15) is 4.79 Å². The first-order chi connectivity index (χ1) is 10.4. The summed E-state index contributed by atoms with van der Waals surface area (Å²) in [5, 5.41) is 13.3. The van der Waals surface area contributed by atoms with Crippen molar-refractivity contribution in [3.8, 4) is 6.07 Å². The highest BCUT2D eigenvalue weighted by Crippen LogP contribution is 2.19. The highest BCUT2D eigenvalue weighted by atomic mass is 35.5. The molecule has 0 bridgehead atoms. The van der Waals surface area contributed by atoms with E-state index in [0.29, 0.717) is 23.6 Å². The summed E-state index contributed by atoms with van der Waals surface area (Å²) in [4.78, 5) is 11.7. The van der Waals surface area contributed by atoms with Crippen molar-refractivity contribution in [3.05, 3.63) is 34.9 Å². The molecule has 1 N–H and O–H groups in total. The SMILES string of the molecule is CC(C)(/C=N\NC(=O)CSCc1ccc(Cl)cc1)CCC#N. The fourth-order valence-electron chi connectivity index (χ4n) is 1.60. The molecule has 0 saturated heterocycles. The van der Waals surface area contributed by atoms with E-state index in [-0.39, 0.29) is 11.3 Å². The Bertz CT molecular complexity index is 550. The third-order valence-corrected chi connectivity index (χ3v) is 4.16. The molecular formula is C16H20ClN3OS. The van der Waals surface area contributed by atoms with Gasteiger partial charge in [-0.15, -0.1) is 11.8 Å². The molecule has 0 unspecified atom stereocenters. The lowest BCUT2D eigenvalue weighted by molar-refractivity contribution is -0.118. The zero-order valence-corrected chi connectivity index (χ0v) is 14.4. The number of hydrogen-bond acceptors (Lipinski definition) is 4. The molecule has 0 saturated carbocycles. The standard InChI is InChI=1S/C16H20ClN3OS/c1-16(2,8-3-9-18)12-19-20-15(21)11-22-10-13-4-6-14(17)7-5-13/h4-7,12H,3,8,10-11H2,1-2H3,(H,20,21)/b19-12-. The molecule has 0 aliphatic rings. The largest absolute Gasteiger partial charge is 0.272 e. The Balaban J connectivity index is 2.26. The van der Waals surface area contributed by atoms with Crippen molar-refractivity contribution in [2.24, 2.45) is 10.5 Å². The molecule has 1 amide bonds. The van der Waals surface area contributed by atoms with Crippen molar-refractivity contribution in [1.29, 1.82) is 5.26 Å². The molecule has 1 rings (SSSR count). The van der Waals surface area contributed by atoms with E-state index in [1.54, 1.807) is 6.21 Å². The number of hydrogen-bond donors (Lipinski definition) is 1. The van der Waals surface area contributed by atoms with Gasteiger partial charge in [-0.25, -0.2) is 5.43 Å². The van der Waals surface area contributed by atoms with Gasteiger partial charge in [0.05, 0.1) is 11.8 Å². The van der Waals surface area contributed by atoms with Gasteiger partial charge in [0.2, 0.25) is 5.91 Å². The van der Waals surface area contributed by atoms with Crippen LogP contribution in [0.5, 0.6) is 0 Å². The van der Waals surface area contributed by atoms with Gasteiger partial charge < -0.3 is 0 Å². The Hall–Kier alpha value is -1.51. The smallest absolute Gasteiger partial charge is 0.250 e. The molecular weight excluding hydrogens is 318 g/mol. The Labute approximate surface area is 140 Å². The number of rotatable bonds is 8. The van der Waals surface area contributed by atoms with Gasteiger partial charge in [0.15, 0.2) is 0 Å². The Morgan fingerprint density at radius 3 is 2.77 bits per heavy atom. The second kappa shape index (κ2) is 9.50. The van der Waals surface area contributed by atoms with Crippen molar-refractivity contribution in [3.63, 3.8) is 0 Å². The molecule has 4 nitrogen and oxygen atoms in total. The van der Waals surface area contributed by atoms with Crippen LogP contribution in [0.1, 0.15) is 32.3 Å². The maximum absolute atomic E-state index is 11.7. The van der Waals surface area contributed by atoms with E-state index >= 15 is 0 Å². The second-order valence-electron chi connectivity index (χ2n) is 5.56. The van der Waals surface area contributed by atoms with Gasteiger partial charge >= 0.3 is 0 Å². The van der Waals surface area contributed by atoms with Gasteiger partial charge in [-0.2, -0.15) is 10.4 Å². The van der Waals surface area contributed by atoms with Crippen molar-refractivity contribution < 1.29 is 4.79 Å². The van der Waals surface area contributed by atoms with E-state index in [0.717, 1.165) is 11.3 Å². The first kappa shape index (κ1) is 18.5. The molecule has 0 heterocycles. The number of amides is 1. The summed E-state index contributed by atoms with van der Waals surface area (Å²) in [7, 11) is 0. The highest BCUT2D eigenvalue weighted by molar-refractivity contribution is 7.99. The summed E-state index contributed by atoms with van der Waals surface area (Å²) in [5.41, 5.74) is 3.45. The predicted molar refractivity (Wildman–Crippen MR) is 92.9 cm³/mol. The summed E-state index contributed by atoms with van der Waals surface area (Å²) in [5.74, 6) is 0.965. The minimum Gasteiger partial charge on any atom is -0.272 e. The van der Waals surface area contributed by atoms with Crippen LogP contribution in [0, 0.1) is 16.7 Å². The van der Waals surface area contributed by atoms with Crippen LogP contribution < -0.4 is 5.43 Å². The van der Waals surface area contributed by atoms with Crippen molar-refractivity contribution in [2.45, 2.75) is 32.4 Å². The van der Waals surface area contributed by atoms with Crippen LogP contribution in [-0.4, -0.2) is 17.9 Å². The van der Waals surface area contributed by atoms with Gasteiger partial charge in [0.1, 0.15) is 0 Å². The molecule has 0 radical (unpaired) electrons. The molecule has 22 heavy (non-hydrogen) atoms. The van der Waals surface area contributed by atoms with Crippen molar-refractivity contribution in [1.82, 2.24) is 5.43 Å². The van der Waals surface area contributed by atoms with Crippen LogP contribution in [-0.2, 0) is 10.5 Å². The number of nitriles is 1. The molecule has 0 fully saturated rings. The normalized spacial score (nSPS) is 11.4. The van der Waals surface area contributed by atoms with Crippen molar-refractivity contribution >= 4 is 35.5 Å². The number of halogens is 1. The maximum atomic E-state index is 11.7. The topological polar surface area (TPSA) is 65.2 Å². The minimum atomic E-state index is -0.195. The molecule has 0 aliphatic carbocycles. The van der Waals surface area contributed by atoms with E-state index in [2.05, 4.69) is 16.6 Å². The third-order valence-electron chi connectivity index (χ3n) is 2.90. The number of hydrazone groups is 1. The predicted octanol–water partition coefficient (Wildman–Crippen LogP) is 4.01. The number of carbonyl (C=O) groups is 1. The number of benzene rings is 1. The summed E-state index contributed by atoms with van der Waals surface area (Å²) in [6, 6.07) is 9.68. The van der Waals surface area contributed by atoms with Crippen LogP contribution in [0.15, 0.2) is 29.4 Å². The molecule has 1 aromatic carbocycles. The van der Waals surface area contributed by atoms with Gasteiger partial charge in [0.25, 0.3) is 0 Å². The molecule has 0 aliphatic heterocycles. The molecule has 6 heteroatoms. The molecule has 118 valence electrons. The lowest BCUT2D eigenvalue weighted by Gasteiger charge is -2.16. The number of carbonyl (C=O) groups excluding carboxylic acids is 1. The summed E-state index contributed by atoms with van der Waals surface area (Å²) in [6.07, 6.45) is 2.88. The Morgan fingerprint density at radius 2 is 2.14 bits per heavy atom. The van der Waals surface area contributed by atoms with Crippen LogP contribution in [0.2, 0.25) is 5.02 Å². The van der Waals surface area contributed by atoms with Gasteiger partial charge in [-0.1, -0.05) is 37.6 Å². The van der Waals surface area contributed by atoms with Gasteiger partial charge in [-0.3, -0.25) is 4.79 Å². The average molecular weight is 338 g/mol. The fourth-order valence-corrected chi connectivity index (χ4v) is 2.50. The van der Waals surface area contributed by atoms with E-state index in [1.165, 1.54) is 11.8 Å². The van der Waals surface area contributed by atoms with Gasteiger partial charge in [-0.05, 0) is 24.1 Å². The zero-order chi connectivity index (χ0) is 16.4. The maximum Gasteiger partial charge on any atom is 0.250 e. The first-order valence-corrected chi connectivity index (χ1v) is 8.48. The fraction of sp³-hybridized carbons (Fsp3) is 0.438. The summed E-state index contributed by atoms with van der Waals surface area (Å²) >= 11 is 7.34. The number of nitrogens with zero attached hydrogens (tertiary/aromatic N) is 2. The summed E-state index contributed by atoms with van der Waals surface area (Å²) < 4.78 is 0. The molecule has 0 spiro atoms. The second-order valence-corrected chi connectivity index (χ2v) is 6.98. The van der Waals surface area contributed by atoms with Crippen molar-refractivity contribution in [2.75, 3.05) is 5.75 Å². The first-order valence-electron chi connectivity index (χ1n) is 6.95. The van der Waals surface area contributed by atoms with Crippen LogP contribution in [0.4, 0.5) is 0 Å². The molecule has 0 atom stereocenters. The van der Waals surface area contributed by atoms with E-state index in [1.807, 2.05) is 38.1 Å². The monoisotopic (exact) mass is 337 g/mol.